The monoisotopic (exact) mass is 459 g/mol. The molecule has 1 fully saturated rings. The number of carbonyl (C=O) groups excluding carboxylic acids is 1. The van der Waals surface area contributed by atoms with Gasteiger partial charge in [0.2, 0.25) is 11.9 Å². The fraction of sp³-hybridized carbons (Fsp3) is 0.350. The predicted octanol–water partition coefficient (Wildman–Crippen LogP) is 2.08. The molecule has 0 bridgehead atoms. The van der Waals surface area contributed by atoms with Gasteiger partial charge in [-0.1, -0.05) is 0 Å². The van der Waals surface area contributed by atoms with E-state index in [-0.39, 0.29) is 40.1 Å². The van der Waals surface area contributed by atoms with E-state index < -0.39 is 24.8 Å². The third kappa shape index (κ3) is 3.49. The fourth-order valence-corrected chi connectivity index (χ4v) is 4.11. The van der Waals surface area contributed by atoms with Gasteiger partial charge in [-0.25, -0.2) is 27.7 Å². The highest BCUT2D eigenvalue weighted by Gasteiger charge is 2.30. The maximum Gasteiger partial charge on any atom is 0.256 e. The molecule has 0 saturated carbocycles. The van der Waals surface area contributed by atoms with Crippen LogP contribution in [0.25, 0.3) is 27.9 Å². The Morgan fingerprint density at radius 3 is 2.76 bits per heavy atom. The first-order chi connectivity index (χ1) is 15.7. The summed E-state index contributed by atoms with van der Waals surface area (Å²) in [6.45, 7) is 1.63. The molecule has 4 aromatic heterocycles. The molecule has 1 aliphatic heterocycles. The van der Waals surface area contributed by atoms with Crippen LogP contribution in [0.4, 0.5) is 24.9 Å². The largest absolute Gasteiger partial charge is 0.382 e. The van der Waals surface area contributed by atoms with Gasteiger partial charge in [-0.05, 0) is 25.5 Å². The van der Waals surface area contributed by atoms with E-state index in [2.05, 4.69) is 25.4 Å². The fourth-order valence-electron chi connectivity index (χ4n) is 4.11. The molecule has 1 amide bonds. The molecule has 13 heteroatoms. The molecule has 33 heavy (non-hydrogen) atoms. The predicted molar refractivity (Wildman–Crippen MR) is 114 cm³/mol. The highest BCUT2D eigenvalue weighted by Crippen LogP contribution is 2.32. The van der Waals surface area contributed by atoms with Gasteiger partial charge in [-0.15, -0.1) is 5.10 Å². The molecule has 0 radical (unpaired) electrons. The van der Waals surface area contributed by atoms with E-state index in [1.165, 1.54) is 9.08 Å². The number of alkyl halides is 2. The van der Waals surface area contributed by atoms with Crippen molar-refractivity contribution in [3.05, 3.63) is 30.0 Å². The van der Waals surface area contributed by atoms with Gasteiger partial charge in [0.15, 0.2) is 17.3 Å². The van der Waals surface area contributed by atoms with Gasteiger partial charge in [-0.2, -0.15) is 4.98 Å². The molecule has 4 aromatic rings. The number of aromatic nitrogens is 6. The lowest BCUT2D eigenvalue weighted by Gasteiger charge is -2.13. The molecule has 3 N–H and O–H groups in total. The SMILES string of the molecule is Cc1nc2ccc(-c3c(F)cn4nc(N[C@H]5CCN(C)C5=O)nc(N)c34)nc2n1CC(F)F. The average molecular weight is 459 g/mol. The van der Waals surface area contributed by atoms with E-state index in [4.69, 9.17) is 5.73 Å². The van der Waals surface area contributed by atoms with E-state index in [0.29, 0.717) is 24.3 Å². The summed E-state index contributed by atoms with van der Waals surface area (Å²) < 4.78 is 43.6. The Bertz CT molecular complexity index is 1400. The Labute approximate surface area is 185 Å². The number of likely N-dealkylation sites (N-methyl/N-ethyl adjacent to an activating group) is 1. The normalized spacial score (nSPS) is 16.6. The summed E-state index contributed by atoms with van der Waals surface area (Å²) in [5, 5.41) is 7.19. The summed E-state index contributed by atoms with van der Waals surface area (Å²) in [4.78, 5) is 26.6. The summed E-state index contributed by atoms with van der Waals surface area (Å²) in [5.41, 5.74) is 7.17. The number of amides is 1. The van der Waals surface area contributed by atoms with Crippen LogP contribution < -0.4 is 11.1 Å². The minimum absolute atomic E-state index is 0.0237. The number of nitrogen functional groups attached to an aromatic ring is 1. The molecular formula is C20H20F3N9O. The van der Waals surface area contributed by atoms with E-state index >= 15 is 4.39 Å². The van der Waals surface area contributed by atoms with Gasteiger partial charge < -0.3 is 20.5 Å². The van der Waals surface area contributed by atoms with Crippen molar-refractivity contribution in [1.82, 2.24) is 34.0 Å². The number of aryl methyl sites for hydroxylation is 1. The molecule has 0 aromatic carbocycles. The van der Waals surface area contributed by atoms with Gasteiger partial charge in [0, 0.05) is 13.6 Å². The highest BCUT2D eigenvalue weighted by atomic mass is 19.3. The van der Waals surface area contributed by atoms with Crippen LogP contribution in [0.5, 0.6) is 0 Å². The van der Waals surface area contributed by atoms with E-state index in [9.17, 15) is 13.6 Å². The van der Waals surface area contributed by atoms with Crippen molar-refractivity contribution in [1.29, 1.82) is 0 Å². The standard InChI is InChI=1S/C20H20F3N9O/c1-9-25-12-4-3-11(26-18(12)31(9)8-14(22)23)15-10(21)7-32-16(15)17(24)28-20(29-32)27-13-5-6-30(2)19(13)33/h3-4,7,13-14H,5-6,8H2,1-2H3,(H3,24,27,28,29)/t13-/m0/s1. The molecule has 10 nitrogen and oxygen atoms in total. The second-order valence-corrected chi connectivity index (χ2v) is 7.91. The van der Waals surface area contributed by atoms with Gasteiger partial charge >= 0.3 is 0 Å². The number of fused-ring (bicyclic) bond motifs is 2. The number of halogens is 3. The number of nitrogens with one attached hydrogen (secondary N) is 1. The number of pyridine rings is 1. The summed E-state index contributed by atoms with van der Waals surface area (Å²) in [6.07, 6.45) is -0.887. The number of carbonyl (C=O) groups is 1. The zero-order valence-electron chi connectivity index (χ0n) is 17.8. The molecule has 1 saturated heterocycles. The third-order valence-electron chi connectivity index (χ3n) is 5.70. The van der Waals surface area contributed by atoms with Crippen LogP contribution >= 0.6 is 0 Å². The van der Waals surface area contributed by atoms with E-state index in [1.54, 1.807) is 31.0 Å². The summed E-state index contributed by atoms with van der Waals surface area (Å²) in [7, 11) is 1.70. The zero-order valence-corrected chi connectivity index (χ0v) is 17.8. The number of likely N-dealkylation sites (tertiary alicyclic amines) is 1. The van der Waals surface area contributed by atoms with Gasteiger partial charge in [-0.3, -0.25) is 4.79 Å². The van der Waals surface area contributed by atoms with Crippen molar-refractivity contribution in [2.45, 2.75) is 32.4 Å². The molecular weight excluding hydrogens is 439 g/mol. The quantitative estimate of drug-likeness (QED) is 0.469. The maximum absolute atomic E-state index is 15.0. The van der Waals surface area contributed by atoms with Crippen LogP contribution in [-0.4, -0.2) is 66.0 Å². The van der Waals surface area contributed by atoms with Crippen LogP contribution in [0.15, 0.2) is 18.3 Å². The van der Waals surface area contributed by atoms with Crippen molar-refractivity contribution in [2.75, 3.05) is 24.6 Å². The molecule has 5 rings (SSSR count). The van der Waals surface area contributed by atoms with Gasteiger partial charge in [0.1, 0.15) is 22.9 Å². The molecule has 1 aliphatic rings. The Kier molecular flexibility index (Phi) is 4.83. The number of nitrogens with zero attached hydrogens (tertiary/aromatic N) is 7. The first kappa shape index (κ1) is 21.0. The van der Waals surface area contributed by atoms with Crippen molar-refractivity contribution in [3.8, 4) is 11.3 Å². The Morgan fingerprint density at radius 1 is 1.27 bits per heavy atom. The highest BCUT2D eigenvalue weighted by molar-refractivity contribution is 5.89. The van der Waals surface area contributed by atoms with Crippen molar-refractivity contribution < 1.29 is 18.0 Å². The van der Waals surface area contributed by atoms with E-state index in [1.807, 2.05) is 0 Å². The molecule has 0 unspecified atom stereocenters. The first-order valence-corrected chi connectivity index (χ1v) is 10.2. The van der Waals surface area contributed by atoms with Crippen LogP contribution in [0.3, 0.4) is 0 Å². The summed E-state index contributed by atoms with van der Waals surface area (Å²) in [5.74, 6) is -0.311. The maximum atomic E-state index is 15.0. The first-order valence-electron chi connectivity index (χ1n) is 10.2. The molecule has 0 aliphatic carbocycles. The average Bonchev–Trinajstić information content (AvgIpc) is 3.36. The minimum Gasteiger partial charge on any atom is -0.382 e. The molecule has 172 valence electrons. The minimum atomic E-state index is -2.60. The van der Waals surface area contributed by atoms with Crippen LogP contribution in [0.1, 0.15) is 12.2 Å². The van der Waals surface area contributed by atoms with Crippen molar-refractivity contribution >= 4 is 34.4 Å². The lowest BCUT2D eigenvalue weighted by molar-refractivity contribution is -0.127. The summed E-state index contributed by atoms with van der Waals surface area (Å²) >= 11 is 0. The van der Waals surface area contributed by atoms with Crippen LogP contribution in [-0.2, 0) is 11.3 Å². The van der Waals surface area contributed by atoms with Crippen molar-refractivity contribution in [2.24, 2.45) is 0 Å². The lowest BCUT2D eigenvalue weighted by Crippen LogP contribution is -2.31. The molecule has 1 atom stereocenters. The number of hydrogen-bond donors (Lipinski definition) is 2. The molecule has 0 spiro atoms. The second kappa shape index (κ2) is 7.60. The zero-order chi connectivity index (χ0) is 23.4. The van der Waals surface area contributed by atoms with E-state index in [0.717, 1.165) is 6.20 Å². The Balaban J connectivity index is 1.58. The number of anilines is 2. The van der Waals surface area contributed by atoms with Crippen LogP contribution in [0, 0.1) is 12.7 Å². The second-order valence-electron chi connectivity index (χ2n) is 7.91. The Morgan fingerprint density at radius 2 is 2.06 bits per heavy atom. The topological polar surface area (TPSA) is 119 Å². The van der Waals surface area contributed by atoms with Gasteiger partial charge in [0.05, 0.1) is 24.0 Å². The smallest absolute Gasteiger partial charge is 0.256 e. The number of nitrogens with two attached hydrogens (primary N) is 1. The Hall–Kier alpha value is -3.90. The number of imidazole rings is 1. The summed E-state index contributed by atoms with van der Waals surface area (Å²) in [6, 6.07) is 2.64. The lowest BCUT2D eigenvalue weighted by atomic mass is 10.1. The van der Waals surface area contributed by atoms with Gasteiger partial charge in [0.25, 0.3) is 6.43 Å². The number of hydrogen-bond acceptors (Lipinski definition) is 7. The van der Waals surface area contributed by atoms with Crippen LogP contribution in [0.2, 0.25) is 0 Å². The molecule has 5 heterocycles. The number of rotatable bonds is 5. The van der Waals surface area contributed by atoms with Crippen molar-refractivity contribution in [3.63, 3.8) is 0 Å². The third-order valence-corrected chi connectivity index (χ3v) is 5.70.